The third-order valence-corrected chi connectivity index (χ3v) is 6.16. The summed E-state index contributed by atoms with van der Waals surface area (Å²) in [6, 6.07) is 15.8. The number of aromatic nitrogens is 1. The first-order valence-corrected chi connectivity index (χ1v) is 11.7. The lowest BCUT2D eigenvalue weighted by molar-refractivity contribution is -0.114. The molecule has 34 heavy (non-hydrogen) atoms. The van der Waals surface area contributed by atoms with Gasteiger partial charge in [-0.3, -0.25) is 9.59 Å². The number of anilines is 1. The Labute approximate surface area is 203 Å². The zero-order chi connectivity index (χ0) is 24.7. The van der Waals surface area contributed by atoms with Gasteiger partial charge in [-0.15, -0.1) is 11.3 Å². The van der Waals surface area contributed by atoms with Crippen LogP contribution in [0.4, 0.5) is 5.13 Å². The van der Waals surface area contributed by atoms with Crippen LogP contribution in [0.15, 0.2) is 53.5 Å². The maximum Gasteiger partial charge on any atom is 0.253 e. The molecule has 1 heterocycles. The molecule has 0 aliphatic heterocycles. The number of aliphatic imine (C=N–C) groups is 1. The van der Waals surface area contributed by atoms with E-state index in [1.54, 1.807) is 19.0 Å². The summed E-state index contributed by atoms with van der Waals surface area (Å²) in [6.07, 6.45) is 2.24. The molecule has 178 valence electrons. The second kappa shape index (κ2) is 11.4. The zero-order valence-corrected chi connectivity index (χ0v) is 20.5. The average molecular weight is 479 g/mol. The van der Waals surface area contributed by atoms with Crippen molar-refractivity contribution in [3.8, 4) is 0 Å². The Kier molecular flexibility index (Phi) is 8.37. The van der Waals surface area contributed by atoms with Gasteiger partial charge in [0.1, 0.15) is 0 Å². The van der Waals surface area contributed by atoms with Crippen molar-refractivity contribution in [3.63, 3.8) is 0 Å². The average Bonchev–Trinajstić information content (AvgIpc) is 3.17. The van der Waals surface area contributed by atoms with Crippen molar-refractivity contribution >= 4 is 34.2 Å². The van der Waals surface area contributed by atoms with Crippen LogP contribution in [0.2, 0.25) is 0 Å². The van der Waals surface area contributed by atoms with Crippen LogP contribution in [0.1, 0.15) is 44.5 Å². The lowest BCUT2D eigenvalue weighted by Gasteiger charge is -2.10. The smallest absolute Gasteiger partial charge is 0.253 e. The van der Waals surface area contributed by atoms with E-state index in [1.807, 2.05) is 36.4 Å². The van der Waals surface area contributed by atoms with Crippen molar-refractivity contribution in [2.75, 3.05) is 19.4 Å². The molecule has 2 aromatic carbocycles. The number of nitrogens with zero attached hydrogens (tertiary/aromatic N) is 3. The highest BCUT2D eigenvalue weighted by Gasteiger charge is 2.14. The number of carbonyl (C=O) groups is 2. The largest absolute Gasteiger partial charge is 0.370 e. The van der Waals surface area contributed by atoms with E-state index in [9.17, 15) is 9.59 Å². The summed E-state index contributed by atoms with van der Waals surface area (Å²) in [5.74, 6) is -0.0916. The van der Waals surface area contributed by atoms with Gasteiger partial charge in [0.25, 0.3) is 5.91 Å². The normalized spacial score (nSPS) is 10.6. The Hall–Kier alpha value is -3.72. The molecule has 3 rings (SSSR count). The first kappa shape index (κ1) is 24.9. The van der Waals surface area contributed by atoms with Gasteiger partial charge in [-0.2, -0.15) is 0 Å². The number of nitrogens with one attached hydrogen (secondary N) is 1. The molecule has 0 aliphatic rings. The van der Waals surface area contributed by atoms with Crippen LogP contribution in [-0.4, -0.2) is 41.8 Å². The lowest BCUT2D eigenvalue weighted by Crippen LogP contribution is -2.22. The van der Waals surface area contributed by atoms with Crippen LogP contribution in [-0.2, 0) is 30.6 Å². The molecule has 5 N–H and O–H groups in total. The van der Waals surface area contributed by atoms with Gasteiger partial charge in [-0.25, -0.2) is 9.98 Å². The summed E-state index contributed by atoms with van der Waals surface area (Å²) >= 11 is 1.49. The summed E-state index contributed by atoms with van der Waals surface area (Å²) in [7, 11) is 3.47. The van der Waals surface area contributed by atoms with Gasteiger partial charge >= 0.3 is 0 Å². The minimum atomic E-state index is -0.144. The maximum absolute atomic E-state index is 12.1. The molecule has 0 radical (unpaired) electrons. The van der Waals surface area contributed by atoms with E-state index in [4.69, 9.17) is 11.5 Å². The van der Waals surface area contributed by atoms with Gasteiger partial charge in [0.05, 0.1) is 12.2 Å². The van der Waals surface area contributed by atoms with Crippen molar-refractivity contribution in [2.45, 2.75) is 32.7 Å². The van der Waals surface area contributed by atoms with Gasteiger partial charge in [-0.05, 0) is 41.7 Å². The molecular weight excluding hydrogens is 448 g/mol. The topological polar surface area (TPSA) is 127 Å². The monoisotopic (exact) mass is 478 g/mol. The second-order valence-corrected chi connectivity index (χ2v) is 9.28. The van der Waals surface area contributed by atoms with Crippen LogP contribution >= 0.6 is 11.3 Å². The molecule has 0 aliphatic carbocycles. The fraction of sp³-hybridized carbons (Fsp3) is 0.280. The minimum absolute atomic E-state index is 0.0257. The van der Waals surface area contributed by atoms with E-state index >= 15 is 0 Å². The predicted octanol–water partition coefficient (Wildman–Crippen LogP) is 2.95. The lowest BCUT2D eigenvalue weighted by atomic mass is 10.0. The summed E-state index contributed by atoms with van der Waals surface area (Å²) in [5.41, 5.74) is 15.7. The van der Waals surface area contributed by atoms with Crippen molar-refractivity contribution in [1.29, 1.82) is 0 Å². The summed E-state index contributed by atoms with van der Waals surface area (Å²) in [5, 5.41) is 3.40. The van der Waals surface area contributed by atoms with Crippen LogP contribution in [0, 0.1) is 0 Å². The number of nitrogens with two attached hydrogens (primary N) is 2. The Morgan fingerprint density at radius 2 is 1.59 bits per heavy atom. The summed E-state index contributed by atoms with van der Waals surface area (Å²) in [6.45, 7) is 1.93. The van der Waals surface area contributed by atoms with Gasteiger partial charge < -0.3 is 21.7 Å². The zero-order valence-electron chi connectivity index (χ0n) is 19.7. The fourth-order valence-corrected chi connectivity index (χ4v) is 4.47. The Morgan fingerprint density at radius 1 is 0.971 bits per heavy atom. The number of aryl methyl sites for hydroxylation is 2. The number of rotatable bonds is 9. The molecule has 0 unspecified atom stereocenters. The van der Waals surface area contributed by atoms with E-state index in [0.29, 0.717) is 23.7 Å². The molecule has 2 amide bonds. The molecule has 0 bridgehead atoms. The van der Waals surface area contributed by atoms with Crippen molar-refractivity contribution in [2.24, 2.45) is 16.5 Å². The quantitative estimate of drug-likeness (QED) is 0.322. The van der Waals surface area contributed by atoms with E-state index in [1.165, 1.54) is 23.8 Å². The van der Waals surface area contributed by atoms with Gasteiger partial charge in [0.15, 0.2) is 11.1 Å². The van der Waals surface area contributed by atoms with E-state index in [0.717, 1.165) is 34.5 Å². The number of hydrogen-bond donors (Lipinski definition) is 3. The number of hydrogen-bond acceptors (Lipinski definition) is 5. The molecule has 3 aromatic rings. The molecule has 8 nitrogen and oxygen atoms in total. The van der Waals surface area contributed by atoms with Crippen LogP contribution < -0.4 is 16.8 Å². The fourth-order valence-electron chi connectivity index (χ4n) is 3.39. The summed E-state index contributed by atoms with van der Waals surface area (Å²) < 4.78 is 0. The first-order chi connectivity index (χ1) is 16.2. The molecule has 1 aromatic heterocycles. The number of carbonyl (C=O) groups excluding carboxylic acids is 2. The number of thiazole rings is 1. The maximum atomic E-state index is 12.1. The van der Waals surface area contributed by atoms with Gasteiger partial charge in [0.2, 0.25) is 5.91 Å². The number of amides is 2. The minimum Gasteiger partial charge on any atom is -0.370 e. The van der Waals surface area contributed by atoms with Gasteiger partial charge in [-0.1, -0.05) is 36.4 Å². The molecule has 0 fully saturated rings. The molecule has 0 spiro atoms. The molecule has 9 heteroatoms. The Morgan fingerprint density at radius 3 is 2.18 bits per heavy atom. The highest BCUT2D eigenvalue weighted by atomic mass is 32.1. The number of benzene rings is 2. The highest BCUT2D eigenvalue weighted by molar-refractivity contribution is 7.15. The van der Waals surface area contributed by atoms with E-state index < -0.39 is 0 Å². The van der Waals surface area contributed by atoms with Crippen molar-refractivity contribution < 1.29 is 9.59 Å². The van der Waals surface area contributed by atoms with Crippen LogP contribution in [0.5, 0.6) is 0 Å². The Balaban J connectivity index is 1.73. The van der Waals surface area contributed by atoms with Gasteiger partial charge in [0, 0.05) is 37.9 Å². The molecule has 0 saturated carbocycles. The highest BCUT2D eigenvalue weighted by Crippen LogP contribution is 2.27. The second-order valence-electron chi connectivity index (χ2n) is 8.20. The molecular formula is C25H30N6O2S. The Bertz CT molecular complexity index is 1160. The van der Waals surface area contributed by atoms with Crippen molar-refractivity contribution in [3.05, 3.63) is 81.4 Å². The van der Waals surface area contributed by atoms with Crippen molar-refractivity contribution in [1.82, 2.24) is 9.88 Å². The molecule has 0 saturated heterocycles. The third-order valence-electron chi connectivity index (χ3n) is 5.15. The third kappa shape index (κ3) is 7.14. The predicted molar refractivity (Wildman–Crippen MR) is 137 cm³/mol. The standard InChI is InChI=1S/C25H30N6O2S/c1-16(32)29-25-30-21(13-10-17-4-6-19(7-5-17)15-28-24(26)27)22(34-25)14-18-8-11-20(12-9-18)23(33)31(2)3/h4-9,11-12H,10,13-15H2,1-3H3,(H4,26,27,28)(H,29,30,32). The number of guanidine groups is 1. The SMILES string of the molecule is CC(=O)Nc1nc(CCc2ccc(CN=C(N)N)cc2)c(Cc2ccc(C(=O)N(C)C)cc2)s1. The summed E-state index contributed by atoms with van der Waals surface area (Å²) in [4.78, 5) is 35.1. The van der Waals surface area contributed by atoms with E-state index in [-0.39, 0.29) is 17.8 Å². The molecule has 0 atom stereocenters. The van der Waals surface area contributed by atoms with Crippen LogP contribution in [0.3, 0.4) is 0 Å². The van der Waals surface area contributed by atoms with Crippen LogP contribution in [0.25, 0.3) is 0 Å². The van der Waals surface area contributed by atoms with E-state index in [2.05, 4.69) is 27.4 Å². The first-order valence-electron chi connectivity index (χ1n) is 10.9.